The fourth-order valence-corrected chi connectivity index (χ4v) is 2.38. The van der Waals surface area contributed by atoms with Crippen LogP contribution in [0.2, 0.25) is 0 Å². The lowest BCUT2D eigenvalue weighted by Crippen LogP contribution is -2.27. The highest BCUT2D eigenvalue weighted by Gasteiger charge is 2.22. The van der Waals surface area contributed by atoms with Crippen molar-refractivity contribution in [2.45, 2.75) is 13.2 Å². The number of benzene rings is 2. The van der Waals surface area contributed by atoms with E-state index in [1.54, 1.807) is 32.4 Å². The Balaban J connectivity index is 2.26. The first-order chi connectivity index (χ1) is 12.0. The van der Waals surface area contributed by atoms with Crippen molar-refractivity contribution < 1.29 is 27.8 Å². The van der Waals surface area contributed by atoms with Crippen molar-refractivity contribution in [3.63, 3.8) is 0 Å². The Hall–Kier alpha value is -2.83. The van der Waals surface area contributed by atoms with E-state index in [4.69, 9.17) is 9.47 Å². The molecule has 0 aliphatic carbocycles. The quantitative estimate of drug-likeness (QED) is 0.765. The molecule has 1 amide bonds. The molecule has 0 saturated carbocycles. The van der Waals surface area contributed by atoms with Crippen LogP contribution in [-0.2, 0) is 6.54 Å². The Morgan fingerprint density at radius 1 is 1.12 bits per heavy atom. The summed E-state index contributed by atoms with van der Waals surface area (Å²) in [4.78, 5) is 14.1. The van der Waals surface area contributed by atoms with Gasteiger partial charge in [-0.15, -0.1) is 0 Å². The molecule has 0 N–H and O–H groups in total. The number of amides is 1. The van der Waals surface area contributed by atoms with Crippen LogP contribution in [0.15, 0.2) is 42.5 Å². The highest BCUT2D eigenvalue weighted by Crippen LogP contribution is 2.33. The highest BCUT2D eigenvalue weighted by atomic mass is 19.3. The number of rotatable bonds is 7. The van der Waals surface area contributed by atoms with Gasteiger partial charge in [-0.3, -0.25) is 4.79 Å². The predicted molar refractivity (Wildman–Crippen MR) is 88.4 cm³/mol. The topological polar surface area (TPSA) is 48.0 Å². The number of hydrogen-bond acceptors (Lipinski definition) is 4. The molecular weight excluding hydrogens is 332 g/mol. The maximum atomic E-state index is 12.7. The number of carbonyl (C=O) groups is 1. The second-order valence-electron chi connectivity index (χ2n) is 5.23. The van der Waals surface area contributed by atoms with Crippen molar-refractivity contribution in [1.29, 1.82) is 0 Å². The molecule has 0 aliphatic heterocycles. The molecule has 2 aromatic carbocycles. The van der Waals surface area contributed by atoms with Crippen molar-refractivity contribution in [1.82, 2.24) is 4.90 Å². The van der Waals surface area contributed by atoms with Gasteiger partial charge in [-0.05, 0) is 29.8 Å². The SMILES string of the molecule is COc1cccc(CN(C)C(=O)c2cccc(OC)c2OC(F)F)c1. The molecule has 0 spiro atoms. The Bertz CT molecular complexity index is 737. The van der Waals surface area contributed by atoms with Gasteiger partial charge in [0.15, 0.2) is 11.5 Å². The van der Waals surface area contributed by atoms with Crippen LogP contribution in [-0.4, -0.2) is 38.7 Å². The lowest BCUT2D eigenvalue weighted by molar-refractivity contribution is -0.0516. The van der Waals surface area contributed by atoms with Crippen LogP contribution in [0.5, 0.6) is 17.2 Å². The third kappa shape index (κ3) is 4.59. The standard InChI is InChI=1S/C18H19F2NO4/c1-21(11-12-6-4-7-13(10-12)23-2)17(22)14-8-5-9-15(24-3)16(14)25-18(19)20/h4-10,18H,11H2,1-3H3. The number of ether oxygens (including phenoxy) is 3. The van der Waals surface area contributed by atoms with E-state index >= 15 is 0 Å². The molecule has 0 heterocycles. The lowest BCUT2D eigenvalue weighted by atomic mass is 10.1. The molecule has 0 unspecified atom stereocenters. The summed E-state index contributed by atoms with van der Waals surface area (Å²) in [5.41, 5.74) is 0.847. The summed E-state index contributed by atoms with van der Waals surface area (Å²) in [6.45, 7) is -2.78. The van der Waals surface area contributed by atoms with E-state index in [1.807, 2.05) is 12.1 Å². The van der Waals surface area contributed by atoms with E-state index in [1.165, 1.54) is 24.1 Å². The summed E-state index contributed by atoms with van der Waals surface area (Å²) in [5, 5.41) is 0. The van der Waals surface area contributed by atoms with Crippen molar-refractivity contribution >= 4 is 5.91 Å². The van der Waals surface area contributed by atoms with E-state index in [9.17, 15) is 13.6 Å². The number of alkyl halides is 2. The number of para-hydroxylation sites is 1. The van der Waals surface area contributed by atoms with Crippen molar-refractivity contribution in [3.05, 3.63) is 53.6 Å². The maximum absolute atomic E-state index is 12.7. The zero-order valence-electron chi connectivity index (χ0n) is 14.2. The Morgan fingerprint density at radius 2 is 1.84 bits per heavy atom. The minimum Gasteiger partial charge on any atom is -0.497 e. The number of methoxy groups -OCH3 is 2. The summed E-state index contributed by atoms with van der Waals surface area (Å²) in [6, 6.07) is 11.7. The van der Waals surface area contributed by atoms with E-state index in [-0.39, 0.29) is 23.6 Å². The Labute approximate surface area is 144 Å². The summed E-state index contributed by atoms with van der Waals surface area (Å²) in [5.74, 6) is 0.00208. The third-order valence-corrected chi connectivity index (χ3v) is 3.54. The highest BCUT2D eigenvalue weighted by molar-refractivity contribution is 5.97. The van der Waals surface area contributed by atoms with E-state index in [2.05, 4.69) is 4.74 Å². The van der Waals surface area contributed by atoms with Gasteiger partial charge in [-0.2, -0.15) is 8.78 Å². The molecule has 0 fully saturated rings. The zero-order valence-corrected chi connectivity index (χ0v) is 14.2. The second kappa shape index (κ2) is 8.32. The van der Waals surface area contributed by atoms with E-state index < -0.39 is 12.5 Å². The van der Waals surface area contributed by atoms with Gasteiger partial charge in [0.2, 0.25) is 0 Å². The maximum Gasteiger partial charge on any atom is 0.387 e. The molecule has 0 aliphatic rings. The molecule has 5 nitrogen and oxygen atoms in total. The van der Waals surface area contributed by atoms with Crippen LogP contribution < -0.4 is 14.2 Å². The minimum atomic E-state index is -3.06. The van der Waals surface area contributed by atoms with Gasteiger partial charge >= 0.3 is 6.61 Å². The molecule has 0 aromatic heterocycles. The molecule has 0 atom stereocenters. The fraction of sp³-hybridized carbons (Fsp3) is 0.278. The number of carbonyl (C=O) groups excluding carboxylic acids is 1. The van der Waals surface area contributed by atoms with Gasteiger partial charge < -0.3 is 19.1 Å². The van der Waals surface area contributed by atoms with Gasteiger partial charge in [0.25, 0.3) is 5.91 Å². The average molecular weight is 351 g/mol. The largest absolute Gasteiger partial charge is 0.497 e. The minimum absolute atomic E-state index is 0.00467. The molecule has 7 heteroatoms. The first-order valence-corrected chi connectivity index (χ1v) is 7.46. The molecule has 25 heavy (non-hydrogen) atoms. The van der Waals surface area contributed by atoms with Gasteiger partial charge in [0.05, 0.1) is 19.8 Å². The summed E-state index contributed by atoms with van der Waals surface area (Å²) >= 11 is 0. The molecule has 0 saturated heterocycles. The smallest absolute Gasteiger partial charge is 0.387 e. The molecule has 0 bridgehead atoms. The zero-order chi connectivity index (χ0) is 18.4. The van der Waals surface area contributed by atoms with Crippen LogP contribution in [0.1, 0.15) is 15.9 Å². The van der Waals surface area contributed by atoms with Crippen molar-refractivity contribution in [2.75, 3.05) is 21.3 Å². The van der Waals surface area contributed by atoms with Gasteiger partial charge in [-0.25, -0.2) is 0 Å². The number of nitrogens with zero attached hydrogens (tertiary/aromatic N) is 1. The average Bonchev–Trinajstić information content (AvgIpc) is 2.61. The van der Waals surface area contributed by atoms with Crippen LogP contribution in [0.4, 0.5) is 8.78 Å². The fourth-order valence-electron chi connectivity index (χ4n) is 2.38. The Morgan fingerprint density at radius 3 is 2.48 bits per heavy atom. The first-order valence-electron chi connectivity index (χ1n) is 7.46. The molecule has 134 valence electrons. The van der Waals surface area contributed by atoms with Gasteiger partial charge in [-0.1, -0.05) is 18.2 Å². The van der Waals surface area contributed by atoms with Crippen LogP contribution in [0, 0.1) is 0 Å². The number of hydrogen-bond donors (Lipinski definition) is 0. The molecule has 2 rings (SSSR count). The Kier molecular flexibility index (Phi) is 6.16. The van der Waals surface area contributed by atoms with E-state index in [0.29, 0.717) is 5.75 Å². The van der Waals surface area contributed by atoms with Crippen LogP contribution >= 0.6 is 0 Å². The monoisotopic (exact) mass is 351 g/mol. The summed E-state index contributed by atoms with van der Waals surface area (Å²) < 4.78 is 40.1. The van der Waals surface area contributed by atoms with E-state index in [0.717, 1.165) is 5.56 Å². The lowest BCUT2D eigenvalue weighted by Gasteiger charge is -2.20. The summed E-state index contributed by atoms with van der Waals surface area (Å²) in [7, 11) is 4.45. The molecular formula is C18H19F2NO4. The normalized spacial score (nSPS) is 10.5. The van der Waals surface area contributed by atoms with Gasteiger partial charge in [0.1, 0.15) is 5.75 Å². The molecule has 2 aromatic rings. The molecule has 0 radical (unpaired) electrons. The summed E-state index contributed by atoms with van der Waals surface area (Å²) in [6.07, 6.45) is 0. The van der Waals surface area contributed by atoms with Crippen molar-refractivity contribution in [3.8, 4) is 17.2 Å². The van der Waals surface area contributed by atoms with Crippen LogP contribution in [0.25, 0.3) is 0 Å². The number of halogens is 2. The first kappa shape index (κ1) is 18.5. The second-order valence-corrected chi connectivity index (χ2v) is 5.23. The van der Waals surface area contributed by atoms with Crippen molar-refractivity contribution in [2.24, 2.45) is 0 Å². The predicted octanol–water partition coefficient (Wildman–Crippen LogP) is 3.58. The third-order valence-electron chi connectivity index (χ3n) is 3.54. The van der Waals surface area contributed by atoms with Gasteiger partial charge in [0, 0.05) is 13.6 Å². The van der Waals surface area contributed by atoms with Crippen LogP contribution in [0.3, 0.4) is 0 Å².